The minimum atomic E-state index is 0.527. The molecule has 0 bridgehead atoms. The predicted octanol–water partition coefficient (Wildman–Crippen LogP) is 3.52. The summed E-state index contributed by atoms with van der Waals surface area (Å²) < 4.78 is 0. The molecule has 1 heterocycles. The maximum atomic E-state index is 3.92. The summed E-state index contributed by atoms with van der Waals surface area (Å²) in [6.07, 6.45) is 6.83. The van der Waals surface area contributed by atoms with Crippen LogP contribution in [-0.2, 0) is 0 Å². The van der Waals surface area contributed by atoms with Crippen LogP contribution in [0.15, 0.2) is 0 Å². The molecule has 1 aliphatic carbocycles. The molecule has 0 radical (unpaired) electrons. The van der Waals surface area contributed by atoms with E-state index >= 15 is 0 Å². The largest absolute Gasteiger partial charge is 0.313 e. The van der Waals surface area contributed by atoms with E-state index in [1.807, 2.05) is 0 Å². The van der Waals surface area contributed by atoms with E-state index in [9.17, 15) is 0 Å². The lowest BCUT2D eigenvalue weighted by Crippen LogP contribution is -2.48. The summed E-state index contributed by atoms with van der Waals surface area (Å²) in [5.74, 6) is 0.832. The molecule has 0 amide bonds. The van der Waals surface area contributed by atoms with Gasteiger partial charge >= 0.3 is 0 Å². The quantitative estimate of drug-likeness (QED) is 0.841. The summed E-state index contributed by atoms with van der Waals surface area (Å²) in [6, 6.07) is 0.754. The van der Waals surface area contributed by atoms with Crippen molar-refractivity contribution >= 4 is 0 Å². The molecule has 2 nitrogen and oxygen atoms in total. The molecular weight excluding hydrogens is 232 g/mol. The molecule has 1 N–H and O–H groups in total. The van der Waals surface area contributed by atoms with Crippen LogP contribution in [0, 0.1) is 16.7 Å². The van der Waals surface area contributed by atoms with Gasteiger partial charge in [0.2, 0.25) is 0 Å². The van der Waals surface area contributed by atoms with Crippen LogP contribution in [0.3, 0.4) is 0 Å². The Morgan fingerprint density at radius 1 is 1.11 bits per heavy atom. The molecule has 2 fully saturated rings. The van der Waals surface area contributed by atoms with Gasteiger partial charge in [-0.3, -0.25) is 0 Å². The molecule has 2 rings (SSSR count). The Labute approximate surface area is 120 Å². The van der Waals surface area contributed by atoms with Crippen LogP contribution in [0.5, 0.6) is 0 Å². The summed E-state index contributed by atoms with van der Waals surface area (Å²) in [5, 5.41) is 3.92. The van der Waals surface area contributed by atoms with E-state index in [0.29, 0.717) is 10.8 Å². The number of hydrogen-bond donors (Lipinski definition) is 1. The summed E-state index contributed by atoms with van der Waals surface area (Å²) in [4.78, 5) is 2.47. The average Bonchev–Trinajstić information content (AvgIpc) is 2.31. The van der Waals surface area contributed by atoms with Crippen molar-refractivity contribution in [2.45, 2.75) is 65.8 Å². The fraction of sp³-hybridized carbons (Fsp3) is 1.00. The predicted molar refractivity (Wildman–Crippen MR) is 83.4 cm³/mol. The van der Waals surface area contributed by atoms with Crippen LogP contribution in [0.25, 0.3) is 0 Å². The lowest BCUT2D eigenvalue weighted by Gasteiger charge is -2.43. The zero-order chi connectivity index (χ0) is 14.1. The van der Waals surface area contributed by atoms with Crippen LogP contribution in [0.4, 0.5) is 0 Å². The SMILES string of the molecule is CC1CC(C)(C)CCC1NCC1(C)CCN(C)CC1. The van der Waals surface area contributed by atoms with E-state index in [4.69, 9.17) is 0 Å². The lowest BCUT2D eigenvalue weighted by atomic mass is 9.70. The van der Waals surface area contributed by atoms with E-state index in [2.05, 4.69) is 45.0 Å². The Hall–Kier alpha value is -0.0800. The van der Waals surface area contributed by atoms with Gasteiger partial charge in [0.25, 0.3) is 0 Å². The number of piperidine rings is 1. The number of nitrogens with one attached hydrogen (secondary N) is 1. The smallest absolute Gasteiger partial charge is 0.00933 e. The highest BCUT2D eigenvalue weighted by Crippen LogP contribution is 2.39. The van der Waals surface area contributed by atoms with Crippen molar-refractivity contribution in [1.29, 1.82) is 0 Å². The fourth-order valence-corrected chi connectivity index (χ4v) is 3.96. The average molecular weight is 266 g/mol. The van der Waals surface area contributed by atoms with Gasteiger partial charge in [-0.05, 0) is 69.0 Å². The number of likely N-dealkylation sites (tertiary alicyclic amines) is 1. The van der Waals surface area contributed by atoms with Crippen LogP contribution < -0.4 is 5.32 Å². The maximum absolute atomic E-state index is 3.92. The Morgan fingerprint density at radius 3 is 2.32 bits per heavy atom. The molecule has 2 aliphatic rings. The topological polar surface area (TPSA) is 15.3 Å². The van der Waals surface area contributed by atoms with Gasteiger partial charge in [-0.2, -0.15) is 0 Å². The second-order valence-electron chi connectivity index (χ2n) is 8.49. The first kappa shape index (κ1) is 15.3. The highest BCUT2D eigenvalue weighted by Gasteiger charge is 2.34. The third kappa shape index (κ3) is 4.19. The first-order valence-electron chi connectivity index (χ1n) is 8.22. The van der Waals surface area contributed by atoms with Gasteiger partial charge in [-0.15, -0.1) is 0 Å². The van der Waals surface area contributed by atoms with Gasteiger partial charge in [0.15, 0.2) is 0 Å². The van der Waals surface area contributed by atoms with Crippen LogP contribution >= 0.6 is 0 Å². The highest BCUT2D eigenvalue weighted by atomic mass is 15.1. The van der Waals surface area contributed by atoms with Crippen molar-refractivity contribution in [2.24, 2.45) is 16.7 Å². The van der Waals surface area contributed by atoms with Crippen molar-refractivity contribution in [3.05, 3.63) is 0 Å². The molecule has 112 valence electrons. The molecule has 0 aromatic heterocycles. The molecule has 2 atom stereocenters. The normalized spacial score (nSPS) is 35.2. The Bertz CT molecular complexity index is 290. The van der Waals surface area contributed by atoms with Crippen molar-refractivity contribution in [1.82, 2.24) is 10.2 Å². The molecule has 1 aliphatic heterocycles. The van der Waals surface area contributed by atoms with Crippen molar-refractivity contribution in [2.75, 3.05) is 26.7 Å². The van der Waals surface area contributed by atoms with Crippen LogP contribution in [0.2, 0.25) is 0 Å². The summed E-state index contributed by atoms with van der Waals surface area (Å²) in [5.41, 5.74) is 1.09. The molecular formula is C17H34N2. The first-order chi connectivity index (χ1) is 8.80. The van der Waals surface area contributed by atoms with Gasteiger partial charge in [0.1, 0.15) is 0 Å². The van der Waals surface area contributed by atoms with E-state index in [0.717, 1.165) is 12.0 Å². The number of hydrogen-bond acceptors (Lipinski definition) is 2. The van der Waals surface area contributed by atoms with E-state index in [-0.39, 0.29) is 0 Å². The molecule has 2 heteroatoms. The van der Waals surface area contributed by atoms with E-state index in [1.54, 1.807) is 0 Å². The van der Waals surface area contributed by atoms with Gasteiger partial charge in [0, 0.05) is 12.6 Å². The van der Waals surface area contributed by atoms with Gasteiger partial charge in [0.05, 0.1) is 0 Å². The number of nitrogens with zero attached hydrogens (tertiary/aromatic N) is 1. The Morgan fingerprint density at radius 2 is 1.74 bits per heavy atom. The van der Waals surface area contributed by atoms with E-state index in [1.165, 1.54) is 51.7 Å². The third-order valence-electron chi connectivity index (χ3n) is 5.68. The zero-order valence-corrected chi connectivity index (χ0v) is 13.8. The van der Waals surface area contributed by atoms with Gasteiger partial charge < -0.3 is 10.2 Å². The summed E-state index contributed by atoms with van der Waals surface area (Å²) >= 11 is 0. The fourth-order valence-electron chi connectivity index (χ4n) is 3.96. The van der Waals surface area contributed by atoms with Crippen LogP contribution in [-0.4, -0.2) is 37.6 Å². The lowest BCUT2D eigenvalue weighted by molar-refractivity contribution is 0.107. The minimum Gasteiger partial charge on any atom is -0.313 e. The molecule has 1 saturated carbocycles. The molecule has 0 spiro atoms. The Kier molecular flexibility index (Phi) is 4.62. The summed E-state index contributed by atoms with van der Waals surface area (Å²) in [7, 11) is 2.25. The molecule has 0 aromatic carbocycles. The van der Waals surface area contributed by atoms with Crippen molar-refractivity contribution < 1.29 is 0 Å². The first-order valence-corrected chi connectivity index (χ1v) is 8.22. The standard InChI is InChI=1S/C17H34N2/c1-14-12-16(2,3)7-6-15(14)18-13-17(4)8-10-19(5)11-9-17/h14-15,18H,6-13H2,1-5H3. The second-order valence-corrected chi connectivity index (χ2v) is 8.49. The van der Waals surface area contributed by atoms with Crippen LogP contribution in [0.1, 0.15) is 59.8 Å². The summed E-state index contributed by atoms with van der Waals surface area (Å²) in [6.45, 7) is 13.5. The monoisotopic (exact) mass is 266 g/mol. The molecule has 2 unspecified atom stereocenters. The highest BCUT2D eigenvalue weighted by molar-refractivity contribution is 4.90. The van der Waals surface area contributed by atoms with Gasteiger partial charge in [-0.1, -0.05) is 27.7 Å². The second kappa shape index (κ2) is 5.73. The third-order valence-corrected chi connectivity index (χ3v) is 5.68. The van der Waals surface area contributed by atoms with Crippen molar-refractivity contribution in [3.8, 4) is 0 Å². The van der Waals surface area contributed by atoms with Crippen molar-refractivity contribution in [3.63, 3.8) is 0 Å². The molecule has 1 saturated heterocycles. The maximum Gasteiger partial charge on any atom is 0.00933 e. The minimum absolute atomic E-state index is 0.527. The Balaban J connectivity index is 1.79. The molecule has 19 heavy (non-hydrogen) atoms. The van der Waals surface area contributed by atoms with Gasteiger partial charge in [-0.25, -0.2) is 0 Å². The van der Waals surface area contributed by atoms with E-state index < -0.39 is 0 Å². The number of rotatable bonds is 3. The zero-order valence-electron chi connectivity index (χ0n) is 13.8. The molecule has 0 aromatic rings.